The zero-order chi connectivity index (χ0) is 16.2. The molecule has 1 aliphatic carbocycles. The van der Waals surface area contributed by atoms with Crippen molar-refractivity contribution in [2.45, 2.75) is 45.4 Å². The van der Waals surface area contributed by atoms with Crippen molar-refractivity contribution in [3.05, 3.63) is 16.6 Å². The Morgan fingerprint density at radius 3 is 2.83 bits per heavy atom. The number of aromatic nitrogens is 1. The van der Waals surface area contributed by atoms with E-state index in [1.54, 1.807) is 0 Å². The Labute approximate surface area is 144 Å². The molecule has 128 valence electrons. The molecule has 1 aliphatic heterocycles. The first-order valence-electron chi connectivity index (χ1n) is 9.02. The van der Waals surface area contributed by atoms with Crippen LogP contribution in [0.25, 0.3) is 0 Å². The first-order valence-corrected chi connectivity index (χ1v) is 9.86. The van der Waals surface area contributed by atoms with Crippen LogP contribution in [0.5, 0.6) is 0 Å². The third-order valence-corrected chi connectivity index (χ3v) is 6.24. The van der Waals surface area contributed by atoms with Crippen LogP contribution < -0.4 is 0 Å². The van der Waals surface area contributed by atoms with Gasteiger partial charge in [0.2, 0.25) is 0 Å². The lowest BCUT2D eigenvalue weighted by molar-refractivity contribution is 0.0784. The molecule has 1 atom stereocenters. The average molecular weight is 336 g/mol. The Morgan fingerprint density at radius 1 is 1.35 bits per heavy atom. The fourth-order valence-corrected chi connectivity index (χ4v) is 4.75. The molecule has 2 aliphatic rings. The summed E-state index contributed by atoms with van der Waals surface area (Å²) in [4.78, 5) is 17.0. The largest absolute Gasteiger partial charge is 0.338 e. The van der Waals surface area contributed by atoms with Crippen LogP contribution in [0.4, 0.5) is 0 Å². The molecule has 0 N–H and O–H groups in total. The Morgan fingerprint density at radius 2 is 2.13 bits per heavy atom. The summed E-state index contributed by atoms with van der Waals surface area (Å²) in [6, 6.07) is 0. The minimum atomic E-state index is 0.173. The zero-order valence-corrected chi connectivity index (χ0v) is 15.3. The lowest BCUT2D eigenvalue weighted by atomic mass is 10.0. The number of nitrogens with zero attached hydrogens (tertiary/aromatic N) is 3. The molecule has 1 saturated heterocycles. The third-order valence-electron chi connectivity index (χ3n) is 5.52. The molecular weight excluding hydrogens is 306 g/mol. The van der Waals surface area contributed by atoms with E-state index in [9.17, 15) is 4.79 Å². The van der Waals surface area contributed by atoms with E-state index in [4.69, 9.17) is 0 Å². The third kappa shape index (κ3) is 4.32. The van der Waals surface area contributed by atoms with E-state index in [1.165, 1.54) is 50.2 Å². The standard InChI is InChI=1S/C18H29N3OS/c1-14-17(13-23-19-14)18(22)21-10-8-16(12-21)11-20(2)9-7-15-5-3-4-6-15/h13,15-16H,3-12H2,1-2H3. The molecule has 0 bridgehead atoms. The molecule has 2 fully saturated rings. The number of aryl methyl sites for hydroxylation is 1. The van der Waals surface area contributed by atoms with Crippen molar-refractivity contribution in [1.82, 2.24) is 14.2 Å². The van der Waals surface area contributed by atoms with Crippen molar-refractivity contribution in [2.24, 2.45) is 11.8 Å². The Hall–Kier alpha value is -0.940. The van der Waals surface area contributed by atoms with E-state index in [1.807, 2.05) is 17.2 Å². The highest BCUT2D eigenvalue weighted by Crippen LogP contribution is 2.28. The smallest absolute Gasteiger partial charge is 0.256 e. The van der Waals surface area contributed by atoms with E-state index in [0.717, 1.165) is 43.2 Å². The Kier molecular flexibility index (Phi) is 5.70. The topological polar surface area (TPSA) is 36.4 Å². The number of rotatable bonds is 6. The zero-order valence-electron chi connectivity index (χ0n) is 14.5. The van der Waals surface area contributed by atoms with Gasteiger partial charge in [0.25, 0.3) is 5.91 Å². The minimum Gasteiger partial charge on any atom is -0.338 e. The molecule has 1 aromatic rings. The molecule has 5 heteroatoms. The molecule has 3 rings (SSSR count). The molecule has 1 amide bonds. The van der Waals surface area contributed by atoms with Gasteiger partial charge in [-0.3, -0.25) is 4.79 Å². The van der Waals surface area contributed by atoms with Crippen molar-refractivity contribution >= 4 is 17.4 Å². The molecule has 0 spiro atoms. The second-order valence-corrected chi connectivity index (χ2v) is 8.05. The van der Waals surface area contributed by atoms with Crippen LogP contribution in [0.15, 0.2) is 5.38 Å². The van der Waals surface area contributed by atoms with Crippen LogP contribution in [0, 0.1) is 18.8 Å². The average Bonchev–Trinajstić information content (AvgIpc) is 3.26. The van der Waals surface area contributed by atoms with Gasteiger partial charge in [-0.15, -0.1) is 0 Å². The van der Waals surface area contributed by atoms with E-state index in [-0.39, 0.29) is 5.91 Å². The normalized spacial score (nSPS) is 22.4. The van der Waals surface area contributed by atoms with E-state index < -0.39 is 0 Å². The summed E-state index contributed by atoms with van der Waals surface area (Å²) >= 11 is 1.38. The quantitative estimate of drug-likeness (QED) is 0.799. The number of likely N-dealkylation sites (tertiary alicyclic amines) is 1. The van der Waals surface area contributed by atoms with Crippen molar-refractivity contribution in [3.8, 4) is 0 Å². The molecule has 23 heavy (non-hydrogen) atoms. The minimum absolute atomic E-state index is 0.173. The van der Waals surface area contributed by atoms with E-state index in [2.05, 4.69) is 16.3 Å². The highest BCUT2D eigenvalue weighted by Gasteiger charge is 2.29. The van der Waals surface area contributed by atoms with Gasteiger partial charge in [-0.1, -0.05) is 25.7 Å². The maximum Gasteiger partial charge on any atom is 0.256 e. The van der Waals surface area contributed by atoms with Crippen LogP contribution in [-0.4, -0.2) is 53.3 Å². The van der Waals surface area contributed by atoms with Gasteiger partial charge in [0.05, 0.1) is 11.3 Å². The second-order valence-electron chi connectivity index (χ2n) is 7.42. The van der Waals surface area contributed by atoms with Gasteiger partial charge < -0.3 is 9.80 Å². The van der Waals surface area contributed by atoms with Gasteiger partial charge >= 0.3 is 0 Å². The molecule has 0 aromatic carbocycles. The summed E-state index contributed by atoms with van der Waals surface area (Å²) in [6.45, 7) is 6.06. The maximum atomic E-state index is 12.5. The number of hydrogen-bond acceptors (Lipinski definition) is 4. The van der Waals surface area contributed by atoms with Crippen molar-refractivity contribution in [3.63, 3.8) is 0 Å². The Bertz CT molecular complexity index is 524. The summed E-state index contributed by atoms with van der Waals surface area (Å²) in [5, 5.41) is 1.89. The number of amides is 1. The maximum absolute atomic E-state index is 12.5. The van der Waals surface area contributed by atoms with Crippen LogP contribution in [0.1, 0.15) is 54.6 Å². The molecular formula is C18H29N3OS. The summed E-state index contributed by atoms with van der Waals surface area (Å²) in [6.07, 6.45) is 8.23. The Balaban J connectivity index is 1.42. The molecule has 1 aromatic heterocycles. The number of carbonyl (C=O) groups is 1. The molecule has 2 heterocycles. The highest BCUT2D eigenvalue weighted by molar-refractivity contribution is 7.03. The molecule has 1 saturated carbocycles. The van der Waals surface area contributed by atoms with Crippen LogP contribution in [0.3, 0.4) is 0 Å². The van der Waals surface area contributed by atoms with Gasteiger partial charge in [-0.05, 0) is 56.7 Å². The van der Waals surface area contributed by atoms with Gasteiger partial charge in [0.15, 0.2) is 0 Å². The van der Waals surface area contributed by atoms with Gasteiger partial charge in [-0.25, -0.2) is 0 Å². The van der Waals surface area contributed by atoms with Gasteiger partial charge in [-0.2, -0.15) is 4.37 Å². The van der Waals surface area contributed by atoms with E-state index in [0.29, 0.717) is 5.92 Å². The van der Waals surface area contributed by atoms with Crippen molar-refractivity contribution in [1.29, 1.82) is 0 Å². The van der Waals surface area contributed by atoms with Crippen LogP contribution >= 0.6 is 11.5 Å². The predicted octanol–water partition coefficient (Wildman–Crippen LogP) is 3.43. The number of hydrogen-bond donors (Lipinski definition) is 0. The van der Waals surface area contributed by atoms with Crippen LogP contribution in [-0.2, 0) is 0 Å². The summed E-state index contributed by atoms with van der Waals surface area (Å²) in [5.41, 5.74) is 1.67. The fourth-order valence-electron chi connectivity index (χ4n) is 4.07. The number of carbonyl (C=O) groups excluding carboxylic acids is 1. The second kappa shape index (κ2) is 7.75. The highest BCUT2D eigenvalue weighted by atomic mass is 32.1. The SMILES string of the molecule is Cc1nscc1C(=O)N1CCC(CN(C)CCC2CCCC2)C1. The summed E-state index contributed by atoms with van der Waals surface area (Å²) in [5.74, 6) is 1.76. The lowest BCUT2D eigenvalue weighted by Gasteiger charge is -2.23. The first-order chi connectivity index (χ1) is 11.1. The van der Waals surface area contributed by atoms with Gasteiger partial charge in [0.1, 0.15) is 0 Å². The van der Waals surface area contributed by atoms with Gasteiger partial charge in [0, 0.05) is 25.0 Å². The lowest BCUT2D eigenvalue weighted by Crippen LogP contribution is -2.32. The predicted molar refractivity (Wildman–Crippen MR) is 94.9 cm³/mol. The summed E-state index contributed by atoms with van der Waals surface area (Å²) < 4.78 is 4.22. The van der Waals surface area contributed by atoms with E-state index >= 15 is 0 Å². The summed E-state index contributed by atoms with van der Waals surface area (Å²) in [7, 11) is 2.24. The van der Waals surface area contributed by atoms with Crippen LogP contribution in [0.2, 0.25) is 0 Å². The van der Waals surface area contributed by atoms with Crippen molar-refractivity contribution < 1.29 is 4.79 Å². The monoisotopic (exact) mass is 335 g/mol. The molecule has 1 unspecified atom stereocenters. The molecule has 4 nitrogen and oxygen atoms in total. The molecule has 0 radical (unpaired) electrons. The first kappa shape index (κ1) is 16.9. The fraction of sp³-hybridized carbons (Fsp3) is 0.778. The van der Waals surface area contributed by atoms with Crippen molar-refractivity contribution in [2.75, 3.05) is 33.2 Å².